The van der Waals surface area contributed by atoms with Gasteiger partial charge in [0.1, 0.15) is 5.75 Å². The van der Waals surface area contributed by atoms with E-state index in [1.54, 1.807) is 7.11 Å². The number of aromatic amines is 1. The summed E-state index contributed by atoms with van der Waals surface area (Å²) in [6, 6.07) is 23.9. The molecule has 0 unspecified atom stereocenters. The molecule has 0 bridgehead atoms. The summed E-state index contributed by atoms with van der Waals surface area (Å²) in [6.45, 7) is 5.02. The minimum atomic E-state index is -0.107. The number of thiocarbonyl (C=S) groups is 1. The van der Waals surface area contributed by atoms with Crippen LogP contribution in [0.3, 0.4) is 0 Å². The summed E-state index contributed by atoms with van der Waals surface area (Å²) < 4.78 is 5.27. The highest BCUT2D eigenvalue weighted by Gasteiger charge is 2.15. The Labute approximate surface area is 199 Å². The van der Waals surface area contributed by atoms with Crippen molar-refractivity contribution in [3.05, 3.63) is 105 Å². The molecule has 0 spiro atoms. The first-order valence-electron chi connectivity index (χ1n) is 10.8. The molecule has 0 radical (unpaired) electrons. The number of rotatable bonds is 6. The monoisotopic (exact) mass is 457 g/mol. The number of anilines is 1. The quantitative estimate of drug-likeness (QED) is 0.372. The fourth-order valence-electron chi connectivity index (χ4n) is 3.68. The zero-order chi connectivity index (χ0) is 23.4. The van der Waals surface area contributed by atoms with Crippen LogP contribution in [0.2, 0.25) is 0 Å². The lowest BCUT2D eigenvalue weighted by molar-refractivity contribution is 0.406. The van der Waals surface area contributed by atoms with E-state index in [1.165, 1.54) is 5.56 Å². The van der Waals surface area contributed by atoms with Gasteiger partial charge in [-0.3, -0.25) is 4.79 Å². The molecule has 6 heteroatoms. The Kier molecular flexibility index (Phi) is 6.75. The number of aryl methyl sites for hydroxylation is 2. The van der Waals surface area contributed by atoms with Crippen LogP contribution in [0.1, 0.15) is 22.3 Å². The molecule has 2 N–H and O–H groups in total. The third kappa shape index (κ3) is 5.59. The van der Waals surface area contributed by atoms with Gasteiger partial charge in [0, 0.05) is 23.3 Å². The molecule has 0 aliphatic rings. The summed E-state index contributed by atoms with van der Waals surface area (Å²) >= 11 is 5.78. The lowest BCUT2D eigenvalue weighted by Gasteiger charge is -2.26. The standard InChI is InChI=1S/C27H27N3O2S/c1-18-4-9-23(10-5-18)28-27(33)30(16-20-7-11-24(32-3)12-8-20)17-22-15-21-14-19(2)6-13-25(21)29-26(22)31/h4-15H,16-17H2,1-3H3,(H,28,33)(H,29,31). The van der Waals surface area contributed by atoms with Crippen molar-refractivity contribution in [1.82, 2.24) is 9.88 Å². The average Bonchev–Trinajstić information content (AvgIpc) is 2.81. The molecule has 0 saturated carbocycles. The number of nitrogens with one attached hydrogen (secondary N) is 2. The second-order valence-corrected chi connectivity index (χ2v) is 8.60. The summed E-state index contributed by atoms with van der Waals surface area (Å²) in [5, 5.41) is 4.88. The van der Waals surface area contributed by atoms with Crippen LogP contribution in [0.4, 0.5) is 5.69 Å². The van der Waals surface area contributed by atoms with Crippen LogP contribution in [0, 0.1) is 13.8 Å². The van der Waals surface area contributed by atoms with Crippen LogP contribution in [0.15, 0.2) is 77.6 Å². The summed E-state index contributed by atoms with van der Waals surface area (Å²) in [7, 11) is 1.65. The van der Waals surface area contributed by atoms with Crippen molar-refractivity contribution in [1.29, 1.82) is 0 Å². The summed E-state index contributed by atoms with van der Waals surface area (Å²) in [4.78, 5) is 17.9. The predicted octanol–water partition coefficient (Wildman–Crippen LogP) is 5.55. The van der Waals surface area contributed by atoms with Crippen molar-refractivity contribution in [2.75, 3.05) is 12.4 Å². The maximum absolute atomic E-state index is 12.8. The number of methoxy groups -OCH3 is 1. The van der Waals surface area contributed by atoms with Crippen LogP contribution in [0.5, 0.6) is 5.75 Å². The van der Waals surface area contributed by atoms with E-state index < -0.39 is 0 Å². The number of ether oxygens (including phenoxy) is 1. The fraction of sp³-hybridized carbons (Fsp3) is 0.185. The van der Waals surface area contributed by atoms with Crippen LogP contribution in [-0.4, -0.2) is 22.1 Å². The lowest BCUT2D eigenvalue weighted by atomic mass is 10.1. The first kappa shape index (κ1) is 22.6. The molecule has 3 aromatic carbocycles. The average molecular weight is 458 g/mol. The maximum atomic E-state index is 12.8. The summed E-state index contributed by atoms with van der Waals surface area (Å²) in [5.41, 5.74) is 5.69. The minimum Gasteiger partial charge on any atom is -0.497 e. The van der Waals surface area contributed by atoms with Gasteiger partial charge >= 0.3 is 0 Å². The van der Waals surface area contributed by atoms with E-state index in [1.807, 2.05) is 85.5 Å². The number of hydrogen-bond acceptors (Lipinski definition) is 3. The predicted molar refractivity (Wildman–Crippen MR) is 139 cm³/mol. The van der Waals surface area contributed by atoms with Gasteiger partial charge in [-0.1, -0.05) is 41.5 Å². The molecule has 0 atom stereocenters. The molecule has 33 heavy (non-hydrogen) atoms. The van der Waals surface area contributed by atoms with E-state index in [0.717, 1.165) is 33.5 Å². The second kappa shape index (κ2) is 9.88. The number of aromatic nitrogens is 1. The molecule has 0 amide bonds. The summed E-state index contributed by atoms with van der Waals surface area (Å²) in [6.07, 6.45) is 0. The topological polar surface area (TPSA) is 57.4 Å². The zero-order valence-corrected chi connectivity index (χ0v) is 19.8. The van der Waals surface area contributed by atoms with Crippen LogP contribution in [0.25, 0.3) is 10.9 Å². The van der Waals surface area contributed by atoms with Crippen molar-refractivity contribution >= 4 is 33.9 Å². The van der Waals surface area contributed by atoms with Gasteiger partial charge in [-0.05, 0) is 79.5 Å². The normalized spacial score (nSPS) is 10.8. The second-order valence-electron chi connectivity index (χ2n) is 8.21. The molecule has 4 aromatic rings. The number of pyridine rings is 1. The molecular weight excluding hydrogens is 430 g/mol. The third-order valence-corrected chi connectivity index (χ3v) is 5.92. The Hall–Kier alpha value is -3.64. The smallest absolute Gasteiger partial charge is 0.253 e. The molecule has 0 aliphatic heterocycles. The maximum Gasteiger partial charge on any atom is 0.253 e. The van der Waals surface area contributed by atoms with E-state index in [4.69, 9.17) is 17.0 Å². The highest BCUT2D eigenvalue weighted by atomic mass is 32.1. The SMILES string of the molecule is COc1ccc(CN(Cc2cc3cc(C)ccc3[nH]c2=O)C(=S)Nc2ccc(C)cc2)cc1. The van der Waals surface area contributed by atoms with Crippen molar-refractivity contribution in [3.8, 4) is 5.75 Å². The van der Waals surface area contributed by atoms with Crippen molar-refractivity contribution in [3.63, 3.8) is 0 Å². The van der Waals surface area contributed by atoms with Crippen LogP contribution >= 0.6 is 12.2 Å². The molecular formula is C27H27N3O2S. The number of benzene rings is 3. The Morgan fingerprint density at radius 2 is 1.64 bits per heavy atom. The number of H-pyrrole nitrogens is 1. The molecule has 5 nitrogen and oxygen atoms in total. The van der Waals surface area contributed by atoms with Crippen LogP contribution < -0.4 is 15.6 Å². The molecule has 0 fully saturated rings. The van der Waals surface area contributed by atoms with Crippen LogP contribution in [-0.2, 0) is 13.1 Å². The number of nitrogens with zero attached hydrogens (tertiary/aromatic N) is 1. The van der Waals surface area contributed by atoms with Crippen molar-refractivity contribution in [2.24, 2.45) is 0 Å². The minimum absolute atomic E-state index is 0.107. The van der Waals surface area contributed by atoms with E-state index in [0.29, 0.717) is 23.8 Å². The molecule has 1 aromatic heterocycles. The Morgan fingerprint density at radius 3 is 2.33 bits per heavy atom. The number of hydrogen-bond donors (Lipinski definition) is 2. The van der Waals surface area contributed by atoms with E-state index in [2.05, 4.69) is 16.4 Å². The van der Waals surface area contributed by atoms with Gasteiger partial charge in [0.05, 0.1) is 13.7 Å². The molecule has 0 saturated heterocycles. The van der Waals surface area contributed by atoms with Gasteiger partial charge in [0.2, 0.25) is 0 Å². The zero-order valence-electron chi connectivity index (χ0n) is 19.0. The molecule has 0 aliphatic carbocycles. The van der Waals surface area contributed by atoms with E-state index in [-0.39, 0.29) is 5.56 Å². The fourth-order valence-corrected chi connectivity index (χ4v) is 3.93. The Bertz CT molecular complexity index is 1330. The lowest BCUT2D eigenvalue weighted by Crippen LogP contribution is -2.35. The van der Waals surface area contributed by atoms with Gasteiger partial charge in [0.25, 0.3) is 5.56 Å². The highest BCUT2D eigenvalue weighted by molar-refractivity contribution is 7.80. The van der Waals surface area contributed by atoms with E-state index in [9.17, 15) is 4.79 Å². The van der Waals surface area contributed by atoms with Gasteiger partial charge in [-0.25, -0.2) is 0 Å². The Balaban J connectivity index is 1.64. The molecule has 4 rings (SSSR count). The van der Waals surface area contributed by atoms with E-state index >= 15 is 0 Å². The van der Waals surface area contributed by atoms with Gasteiger partial charge in [0.15, 0.2) is 5.11 Å². The van der Waals surface area contributed by atoms with Gasteiger partial charge in [-0.2, -0.15) is 0 Å². The van der Waals surface area contributed by atoms with Crippen molar-refractivity contribution in [2.45, 2.75) is 26.9 Å². The Morgan fingerprint density at radius 1 is 0.939 bits per heavy atom. The first-order chi connectivity index (χ1) is 15.9. The summed E-state index contributed by atoms with van der Waals surface area (Å²) in [5.74, 6) is 0.798. The molecule has 168 valence electrons. The van der Waals surface area contributed by atoms with Gasteiger partial charge in [-0.15, -0.1) is 0 Å². The largest absolute Gasteiger partial charge is 0.497 e. The van der Waals surface area contributed by atoms with Gasteiger partial charge < -0.3 is 19.9 Å². The number of fused-ring (bicyclic) bond motifs is 1. The first-order valence-corrected chi connectivity index (χ1v) is 11.2. The highest BCUT2D eigenvalue weighted by Crippen LogP contribution is 2.18. The molecule has 1 heterocycles. The third-order valence-electron chi connectivity index (χ3n) is 5.56. The van der Waals surface area contributed by atoms with Crippen molar-refractivity contribution < 1.29 is 4.74 Å².